The zero-order valence-corrected chi connectivity index (χ0v) is 12.8. The van der Waals surface area contributed by atoms with Gasteiger partial charge in [0.2, 0.25) is 0 Å². The van der Waals surface area contributed by atoms with Gasteiger partial charge >= 0.3 is 0 Å². The van der Waals surface area contributed by atoms with E-state index in [1.807, 2.05) is 12.1 Å². The van der Waals surface area contributed by atoms with Gasteiger partial charge in [-0.1, -0.05) is 44.2 Å². The van der Waals surface area contributed by atoms with Gasteiger partial charge in [0.1, 0.15) is 5.75 Å². The van der Waals surface area contributed by atoms with Crippen LogP contribution in [0, 0.1) is 0 Å². The van der Waals surface area contributed by atoms with Gasteiger partial charge in [-0.25, -0.2) is 0 Å². The molecule has 0 unspecified atom stereocenters. The first kappa shape index (κ1) is 13.7. The maximum absolute atomic E-state index is 5.42. The minimum absolute atomic E-state index is 0.579. The summed E-state index contributed by atoms with van der Waals surface area (Å²) >= 11 is 0. The SMILES string of the molecule is COc1cccc2c1ccn2Cc1ccc(C(C)C)cc1. The van der Waals surface area contributed by atoms with Gasteiger partial charge in [-0.2, -0.15) is 0 Å². The molecule has 2 aromatic carbocycles. The summed E-state index contributed by atoms with van der Waals surface area (Å²) in [6.07, 6.45) is 2.13. The van der Waals surface area contributed by atoms with Crippen molar-refractivity contribution in [3.05, 3.63) is 65.9 Å². The molecule has 0 bridgehead atoms. The molecule has 2 heteroatoms. The second-order valence-corrected chi connectivity index (χ2v) is 5.73. The van der Waals surface area contributed by atoms with E-state index in [0.717, 1.165) is 12.3 Å². The lowest BCUT2D eigenvalue weighted by Gasteiger charge is -2.09. The van der Waals surface area contributed by atoms with Gasteiger partial charge in [0.05, 0.1) is 12.6 Å². The average Bonchev–Trinajstić information content (AvgIpc) is 2.91. The summed E-state index contributed by atoms with van der Waals surface area (Å²) in [6.45, 7) is 5.33. The van der Waals surface area contributed by atoms with Crippen LogP contribution in [0.1, 0.15) is 30.9 Å². The van der Waals surface area contributed by atoms with Crippen molar-refractivity contribution in [3.8, 4) is 5.75 Å². The molecule has 0 aliphatic heterocycles. The molecule has 0 amide bonds. The molecule has 0 N–H and O–H groups in total. The fourth-order valence-corrected chi connectivity index (χ4v) is 2.72. The molecule has 2 nitrogen and oxygen atoms in total. The van der Waals surface area contributed by atoms with E-state index >= 15 is 0 Å². The van der Waals surface area contributed by atoms with E-state index in [4.69, 9.17) is 4.74 Å². The predicted molar refractivity (Wildman–Crippen MR) is 88.1 cm³/mol. The van der Waals surface area contributed by atoms with Crippen molar-refractivity contribution in [1.29, 1.82) is 0 Å². The van der Waals surface area contributed by atoms with Crippen molar-refractivity contribution in [2.75, 3.05) is 7.11 Å². The highest BCUT2D eigenvalue weighted by Gasteiger charge is 2.06. The summed E-state index contributed by atoms with van der Waals surface area (Å²) in [7, 11) is 1.72. The molecule has 0 fully saturated rings. The van der Waals surface area contributed by atoms with Crippen LogP contribution in [-0.2, 0) is 6.54 Å². The molecule has 1 heterocycles. The average molecular weight is 279 g/mol. The molecule has 108 valence electrons. The molecular weight excluding hydrogens is 258 g/mol. The van der Waals surface area contributed by atoms with Crippen molar-refractivity contribution in [2.24, 2.45) is 0 Å². The van der Waals surface area contributed by atoms with E-state index in [9.17, 15) is 0 Å². The fourth-order valence-electron chi connectivity index (χ4n) is 2.72. The van der Waals surface area contributed by atoms with Crippen LogP contribution >= 0.6 is 0 Å². The van der Waals surface area contributed by atoms with Gasteiger partial charge in [0, 0.05) is 18.1 Å². The van der Waals surface area contributed by atoms with Crippen LogP contribution in [0.4, 0.5) is 0 Å². The summed E-state index contributed by atoms with van der Waals surface area (Å²) in [4.78, 5) is 0. The second kappa shape index (κ2) is 5.65. The highest BCUT2D eigenvalue weighted by molar-refractivity contribution is 5.86. The van der Waals surface area contributed by atoms with E-state index in [1.54, 1.807) is 7.11 Å². The first-order valence-electron chi connectivity index (χ1n) is 7.39. The minimum Gasteiger partial charge on any atom is -0.496 e. The Labute approximate surface area is 126 Å². The molecule has 0 radical (unpaired) electrons. The van der Waals surface area contributed by atoms with Gasteiger partial charge in [0.15, 0.2) is 0 Å². The van der Waals surface area contributed by atoms with Crippen LogP contribution in [0.2, 0.25) is 0 Å². The number of hydrogen-bond acceptors (Lipinski definition) is 1. The number of nitrogens with zero attached hydrogens (tertiary/aromatic N) is 1. The first-order chi connectivity index (χ1) is 10.2. The lowest BCUT2D eigenvalue weighted by molar-refractivity contribution is 0.420. The van der Waals surface area contributed by atoms with E-state index < -0.39 is 0 Å². The van der Waals surface area contributed by atoms with Crippen LogP contribution < -0.4 is 4.74 Å². The number of aromatic nitrogens is 1. The Hall–Kier alpha value is -2.22. The van der Waals surface area contributed by atoms with Crippen LogP contribution in [0.5, 0.6) is 5.75 Å². The predicted octanol–water partition coefficient (Wildman–Crippen LogP) is 4.82. The van der Waals surface area contributed by atoms with Gasteiger partial charge in [0.25, 0.3) is 0 Å². The lowest BCUT2D eigenvalue weighted by Crippen LogP contribution is -1.98. The Morgan fingerprint density at radius 3 is 2.43 bits per heavy atom. The molecule has 0 saturated heterocycles. The van der Waals surface area contributed by atoms with Crippen molar-refractivity contribution in [3.63, 3.8) is 0 Å². The Balaban J connectivity index is 1.91. The minimum atomic E-state index is 0.579. The third kappa shape index (κ3) is 2.66. The Morgan fingerprint density at radius 1 is 1.00 bits per heavy atom. The Kier molecular flexibility index (Phi) is 3.70. The van der Waals surface area contributed by atoms with E-state index in [2.05, 4.69) is 61.0 Å². The molecule has 0 aliphatic rings. The Bertz CT molecular complexity index is 738. The highest BCUT2D eigenvalue weighted by atomic mass is 16.5. The molecule has 0 aliphatic carbocycles. The van der Waals surface area contributed by atoms with Gasteiger partial charge in [-0.3, -0.25) is 0 Å². The van der Waals surface area contributed by atoms with E-state index in [-0.39, 0.29) is 0 Å². The lowest BCUT2D eigenvalue weighted by atomic mass is 10.0. The number of fused-ring (bicyclic) bond motifs is 1. The molecule has 3 aromatic rings. The molecule has 21 heavy (non-hydrogen) atoms. The molecule has 1 aromatic heterocycles. The van der Waals surface area contributed by atoms with Crippen molar-refractivity contribution in [1.82, 2.24) is 4.57 Å². The Morgan fingerprint density at radius 2 is 1.76 bits per heavy atom. The van der Waals surface area contributed by atoms with Crippen LogP contribution in [0.15, 0.2) is 54.7 Å². The number of rotatable bonds is 4. The van der Waals surface area contributed by atoms with Gasteiger partial charge in [-0.05, 0) is 35.2 Å². The fraction of sp³-hybridized carbons (Fsp3) is 0.263. The number of hydrogen-bond donors (Lipinski definition) is 0. The van der Waals surface area contributed by atoms with Crippen molar-refractivity contribution >= 4 is 10.9 Å². The molecule has 0 spiro atoms. The van der Waals surface area contributed by atoms with Crippen LogP contribution in [0.3, 0.4) is 0 Å². The molecule has 3 rings (SSSR count). The molecule has 0 saturated carbocycles. The second-order valence-electron chi connectivity index (χ2n) is 5.73. The quantitative estimate of drug-likeness (QED) is 0.667. The zero-order valence-electron chi connectivity index (χ0n) is 12.8. The van der Waals surface area contributed by atoms with Gasteiger partial charge in [-0.15, -0.1) is 0 Å². The molecular formula is C19H21NO. The van der Waals surface area contributed by atoms with Gasteiger partial charge < -0.3 is 9.30 Å². The third-order valence-corrected chi connectivity index (χ3v) is 3.99. The molecule has 0 atom stereocenters. The van der Waals surface area contributed by atoms with Crippen LogP contribution in [0.25, 0.3) is 10.9 Å². The first-order valence-corrected chi connectivity index (χ1v) is 7.39. The summed E-state index contributed by atoms with van der Waals surface area (Å²) < 4.78 is 7.69. The van der Waals surface area contributed by atoms with Crippen molar-refractivity contribution < 1.29 is 4.74 Å². The summed E-state index contributed by atoms with van der Waals surface area (Å²) in [5, 5.41) is 1.17. The smallest absolute Gasteiger partial charge is 0.128 e. The summed E-state index contributed by atoms with van der Waals surface area (Å²) in [6, 6.07) is 17.2. The monoisotopic (exact) mass is 279 g/mol. The third-order valence-electron chi connectivity index (χ3n) is 3.99. The number of benzene rings is 2. The van der Waals surface area contributed by atoms with E-state index in [0.29, 0.717) is 5.92 Å². The maximum atomic E-state index is 5.42. The maximum Gasteiger partial charge on any atom is 0.128 e. The topological polar surface area (TPSA) is 14.2 Å². The van der Waals surface area contributed by atoms with E-state index in [1.165, 1.54) is 22.0 Å². The van der Waals surface area contributed by atoms with Crippen LogP contribution in [-0.4, -0.2) is 11.7 Å². The standard InChI is InChI=1S/C19H21NO/c1-14(2)16-9-7-15(8-10-16)13-20-12-11-17-18(20)5-4-6-19(17)21-3/h4-12,14H,13H2,1-3H3. The number of ether oxygens (including phenoxy) is 1. The summed E-state index contributed by atoms with van der Waals surface area (Å²) in [5.41, 5.74) is 3.92. The van der Waals surface area contributed by atoms with Crippen molar-refractivity contribution in [2.45, 2.75) is 26.3 Å². The number of methoxy groups -OCH3 is 1. The zero-order chi connectivity index (χ0) is 14.8. The summed E-state index contributed by atoms with van der Waals surface area (Å²) in [5.74, 6) is 1.51. The highest BCUT2D eigenvalue weighted by Crippen LogP contribution is 2.27. The normalized spacial score (nSPS) is 11.2. The largest absolute Gasteiger partial charge is 0.496 e.